The predicted octanol–water partition coefficient (Wildman–Crippen LogP) is 0.183. The van der Waals surface area contributed by atoms with Gasteiger partial charge in [-0.15, -0.1) is 0 Å². The van der Waals surface area contributed by atoms with Crippen LogP contribution in [0.5, 0.6) is 6.01 Å². The van der Waals surface area contributed by atoms with Gasteiger partial charge in [-0.05, 0) is 49.5 Å². The van der Waals surface area contributed by atoms with E-state index < -0.39 is 0 Å². The number of halogens is 1. The van der Waals surface area contributed by atoms with E-state index in [9.17, 15) is 0 Å². The van der Waals surface area contributed by atoms with Crippen LogP contribution in [-0.2, 0) is 0 Å². The van der Waals surface area contributed by atoms with E-state index in [-0.39, 0.29) is 19.9 Å². The zero-order valence-corrected chi connectivity index (χ0v) is 15.3. The Morgan fingerprint density at radius 1 is 1.15 bits per heavy atom. The molecule has 3 saturated heterocycles. The fraction of sp³-hybridized carbons (Fsp3) is 0.421. The fourth-order valence-electron chi connectivity index (χ4n) is 3.93. The first-order valence-corrected chi connectivity index (χ1v) is 8.83. The number of rotatable bonds is 3. The molecule has 3 fully saturated rings. The number of fused-ring (bicyclic) bond motifs is 4. The number of piperidine rings is 3. The van der Waals surface area contributed by atoms with Crippen molar-refractivity contribution in [2.75, 3.05) is 19.6 Å². The molecule has 2 bridgehead atoms. The molecule has 6 rings (SSSR count). The van der Waals surface area contributed by atoms with Gasteiger partial charge in [0, 0.05) is 31.4 Å². The minimum atomic E-state index is 0. The van der Waals surface area contributed by atoms with Crippen LogP contribution in [0, 0.1) is 12.8 Å². The Balaban J connectivity index is 0.00000105. The molecule has 0 saturated carbocycles. The van der Waals surface area contributed by atoms with E-state index in [4.69, 9.17) is 9.15 Å². The van der Waals surface area contributed by atoms with E-state index in [0.717, 1.165) is 28.8 Å². The van der Waals surface area contributed by atoms with E-state index in [1.165, 1.54) is 25.9 Å². The Morgan fingerprint density at radius 3 is 2.62 bits per heavy atom. The van der Waals surface area contributed by atoms with Crippen molar-refractivity contribution in [2.24, 2.45) is 5.92 Å². The van der Waals surface area contributed by atoms with Crippen LogP contribution in [0.3, 0.4) is 0 Å². The number of hydrogen-bond donors (Lipinski definition) is 0. The van der Waals surface area contributed by atoms with Gasteiger partial charge >= 0.3 is 7.44 Å². The standard InChI is InChI=1S/C19H20N4O2.ClH/c1-12-22-16-8-14(2-3-17(16)24-12)15-9-20-19(21-10-15)25-18-11-23-6-4-13(18)5-7-23;/h2-3,8-10,13,18H,4-7,11H2,1H3;1H/t18-;/m0./s1. The summed E-state index contributed by atoms with van der Waals surface area (Å²) < 4.78 is 11.6. The number of benzene rings is 1. The summed E-state index contributed by atoms with van der Waals surface area (Å²) in [6, 6.07) is 6.40. The molecule has 0 amide bonds. The van der Waals surface area contributed by atoms with Gasteiger partial charge in [-0.2, -0.15) is 0 Å². The van der Waals surface area contributed by atoms with E-state index in [0.29, 0.717) is 17.8 Å². The third kappa shape index (κ3) is 3.15. The highest BCUT2D eigenvalue weighted by Crippen LogP contribution is 2.30. The molecule has 26 heavy (non-hydrogen) atoms. The second kappa shape index (κ2) is 6.85. The summed E-state index contributed by atoms with van der Waals surface area (Å²) in [7, 11) is 0. The van der Waals surface area contributed by atoms with Gasteiger partial charge in [0.05, 0.1) is 0 Å². The first-order chi connectivity index (χ1) is 12.2. The van der Waals surface area contributed by atoms with Crippen molar-refractivity contribution in [2.45, 2.75) is 25.9 Å². The van der Waals surface area contributed by atoms with Crippen LogP contribution in [0.25, 0.3) is 22.2 Å². The summed E-state index contributed by atoms with van der Waals surface area (Å²) in [6.07, 6.45) is 6.30. The summed E-state index contributed by atoms with van der Waals surface area (Å²) in [5, 5.41) is 0. The lowest BCUT2D eigenvalue weighted by Crippen LogP contribution is -3.00. The first-order valence-electron chi connectivity index (χ1n) is 8.83. The lowest BCUT2D eigenvalue weighted by atomic mass is 9.86. The van der Waals surface area contributed by atoms with Gasteiger partial charge in [-0.25, -0.2) is 15.0 Å². The van der Waals surface area contributed by atoms with Crippen LogP contribution in [0.4, 0.5) is 0 Å². The second-order valence-corrected chi connectivity index (χ2v) is 6.96. The molecule has 0 aliphatic carbocycles. The molecule has 136 valence electrons. The van der Waals surface area contributed by atoms with Crippen molar-refractivity contribution in [3.05, 3.63) is 36.5 Å². The van der Waals surface area contributed by atoms with Gasteiger partial charge in [0.2, 0.25) is 0 Å². The van der Waals surface area contributed by atoms with Gasteiger partial charge in [-0.1, -0.05) is 6.07 Å². The molecule has 2 aromatic heterocycles. The Labute approximate surface area is 159 Å². The van der Waals surface area contributed by atoms with Crippen molar-refractivity contribution in [1.29, 1.82) is 0 Å². The van der Waals surface area contributed by atoms with Crippen molar-refractivity contribution in [3.63, 3.8) is 0 Å². The monoisotopic (exact) mass is 372 g/mol. The Morgan fingerprint density at radius 2 is 1.92 bits per heavy atom. The lowest BCUT2D eigenvalue weighted by Gasteiger charge is -2.43. The van der Waals surface area contributed by atoms with Crippen LogP contribution < -0.4 is 17.1 Å². The van der Waals surface area contributed by atoms with Gasteiger partial charge in [-0.3, -0.25) is 4.90 Å². The second-order valence-electron chi connectivity index (χ2n) is 6.96. The number of oxazole rings is 1. The minimum absolute atomic E-state index is 0. The zero-order chi connectivity index (χ0) is 16.8. The summed E-state index contributed by atoms with van der Waals surface area (Å²) in [6.45, 7) is 5.25. The average molecular weight is 373 g/mol. The quantitative estimate of drug-likeness (QED) is 0.653. The molecule has 0 N–H and O–H groups in total. The van der Waals surface area contributed by atoms with Gasteiger partial charge in [0.1, 0.15) is 11.6 Å². The maximum Gasteiger partial charge on any atom is 1.00 e. The molecule has 3 aromatic rings. The molecule has 6 nitrogen and oxygen atoms in total. The molecule has 7 heteroatoms. The molecule has 0 unspecified atom stereocenters. The van der Waals surface area contributed by atoms with Crippen LogP contribution in [0.15, 0.2) is 35.0 Å². The molecule has 3 aliphatic rings. The van der Waals surface area contributed by atoms with Crippen molar-refractivity contribution >= 4 is 11.1 Å². The molecule has 1 atom stereocenters. The largest absolute Gasteiger partial charge is 1.00 e. The number of ether oxygens (including phenoxy) is 1. The Kier molecular flexibility index (Phi) is 4.54. The summed E-state index contributed by atoms with van der Waals surface area (Å²) in [4.78, 5) is 15.7. The molecule has 0 spiro atoms. The number of aryl methyl sites for hydroxylation is 1. The highest BCUT2D eigenvalue weighted by molar-refractivity contribution is 5.80. The third-order valence-electron chi connectivity index (χ3n) is 5.31. The van der Waals surface area contributed by atoms with E-state index >= 15 is 0 Å². The van der Waals surface area contributed by atoms with Gasteiger partial charge in [0.15, 0.2) is 11.5 Å². The van der Waals surface area contributed by atoms with Crippen LogP contribution in [0.1, 0.15) is 20.2 Å². The average Bonchev–Trinajstić information content (AvgIpc) is 3.02. The van der Waals surface area contributed by atoms with Crippen molar-refractivity contribution in [1.82, 2.24) is 19.9 Å². The fourth-order valence-corrected chi connectivity index (χ4v) is 3.93. The molecular formula is C19H21ClN4O2. The molecule has 0 radical (unpaired) electrons. The van der Waals surface area contributed by atoms with Crippen LogP contribution in [0.2, 0.25) is 0 Å². The third-order valence-corrected chi connectivity index (χ3v) is 5.31. The van der Waals surface area contributed by atoms with Crippen LogP contribution in [-0.4, -0.2) is 45.6 Å². The molecular weight excluding hydrogens is 352 g/mol. The van der Waals surface area contributed by atoms with E-state index in [1.807, 2.05) is 37.5 Å². The van der Waals surface area contributed by atoms with Crippen molar-refractivity contribution < 1.29 is 23.0 Å². The molecule has 5 heterocycles. The summed E-state index contributed by atoms with van der Waals surface area (Å²) in [5.74, 6) is 1.32. The Hall–Kier alpha value is -2.18. The maximum absolute atomic E-state index is 6.06. The topological polar surface area (TPSA) is 64.3 Å². The normalized spacial score (nSPS) is 24.4. The van der Waals surface area contributed by atoms with Crippen molar-refractivity contribution in [3.8, 4) is 17.1 Å². The summed E-state index contributed by atoms with van der Waals surface area (Å²) in [5.41, 5.74) is 3.62. The van der Waals surface area contributed by atoms with Gasteiger partial charge < -0.3 is 21.6 Å². The van der Waals surface area contributed by atoms with Gasteiger partial charge in [0.25, 0.3) is 0 Å². The highest BCUT2D eigenvalue weighted by atomic mass is 35.5. The zero-order valence-electron chi connectivity index (χ0n) is 15.6. The molecule has 1 aromatic carbocycles. The SMILES string of the molecule is Cc1nc2cc(-c3cnc(O[C@H]4CN5CCC4CC5)nc3)ccc2o1.[Cl-].[H+]. The maximum atomic E-state index is 6.06. The Bertz CT molecular complexity index is 910. The predicted molar refractivity (Wildman–Crippen MR) is 94.5 cm³/mol. The number of hydrogen-bond acceptors (Lipinski definition) is 6. The number of aromatic nitrogens is 3. The summed E-state index contributed by atoms with van der Waals surface area (Å²) >= 11 is 0. The minimum Gasteiger partial charge on any atom is -1.00 e. The molecule has 3 aliphatic heterocycles. The van der Waals surface area contributed by atoms with E-state index in [1.54, 1.807) is 0 Å². The van der Waals surface area contributed by atoms with E-state index in [2.05, 4.69) is 19.9 Å². The smallest absolute Gasteiger partial charge is 1.00 e. The lowest BCUT2D eigenvalue weighted by molar-refractivity contribution is -0.0123. The number of nitrogens with zero attached hydrogens (tertiary/aromatic N) is 4. The highest BCUT2D eigenvalue weighted by Gasteiger charge is 2.35. The first kappa shape index (κ1) is 17.2. The van der Waals surface area contributed by atoms with Crippen LogP contribution >= 0.6 is 0 Å².